The molecule has 2 heterocycles. The fraction of sp³-hybridized carbons (Fsp3) is 0.471. The van der Waals surface area contributed by atoms with E-state index in [0.717, 1.165) is 5.57 Å². The Balaban J connectivity index is 2.07. The van der Waals surface area contributed by atoms with E-state index in [1.807, 2.05) is 0 Å². The highest BCUT2D eigenvalue weighted by molar-refractivity contribution is 9.10. The Labute approximate surface area is 154 Å². The fourth-order valence-corrected chi connectivity index (χ4v) is 5.63. The predicted molar refractivity (Wildman–Crippen MR) is 97.3 cm³/mol. The first-order chi connectivity index (χ1) is 11.6. The van der Waals surface area contributed by atoms with Crippen molar-refractivity contribution in [1.82, 2.24) is 0 Å². The number of halogens is 1. The third kappa shape index (κ3) is 2.95. The molecule has 1 fully saturated rings. The monoisotopic (exact) mass is 428 g/mol. The van der Waals surface area contributed by atoms with E-state index in [1.165, 1.54) is 13.3 Å². The summed E-state index contributed by atoms with van der Waals surface area (Å²) in [4.78, 5) is 24.5. The molecule has 6 nitrogen and oxygen atoms in total. The van der Waals surface area contributed by atoms with E-state index in [9.17, 15) is 18.1 Å². The number of hydrogen-bond acceptors (Lipinski definition) is 5. The number of sulfone groups is 1. The van der Waals surface area contributed by atoms with Crippen molar-refractivity contribution in [1.29, 1.82) is 0 Å². The van der Waals surface area contributed by atoms with Gasteiger partial charge < -0.3 is 4.74 Å². The van der Waals surface area contributed by atoms with Crippen LogP contribution in [0.5, 0.6) is 0 Å². The van der Waals surface area contributed by atoms with Gasteiger partial charge in [-0.1, -0.05) is 15.9 Å². The van der Waals surface area contributed by atoms with Crippen LogP contribution in [-0.4, -0.2) is 36.8 Å². The van der Waals surface area contributed by atoms with Crippen molar-refractivity contribution in [2.45, 2.75) is 31.4 Å². The van der Waals surface area contributed by atoms with E-state index in [2.05, 4.69) is 15.9 Å². The lowest BCUT2D eigenvalue weighted by Gasteiger charge is -2.34. The average Bonchev–Trinajstić information content (AvgIpc) is 2.85. The summed E-state index contributed by atoms with van der Waals surface area (Å²) in [5.41, 5.74) is 1.89. The Hall–Kier alpha value is -1.54. The van der Waals surface area contributed by atoms with Gasteiger partial charge in [0.1, 0.15) is 5.56 Å². The maximum absolute atomic E-state index is 12.5. The fourth-order valence-electron chi connectivity index (χ4n) is 3.57. The van der Waals surface area contributed by atoms with Crippen molar-refractivity contribution in [3.63, 3.8) is 0 Å². The zero-order valence-corrected chi connectivity index (χ0v) is 16.6. The largest absolute Gasteiger partial charge is 0.465 e. The van der Waals surface area contributed by atoms with Crippen LogP contribution in [0.2, 0.25) is 0 Å². The van der Waals surface area contributed by atoms with E-state index in [1.54, 1.807) is 26.0 Å². The number of carbonyl (C=O) groups excluding carboxylic acids is 1. The minimum Gasteiger partial charge on any atom is -0.465 e. The molecule has 8 heteroatoms. The lowest BCUT2D eigenvalue weighted by atomic mass is 9.84. The number of methoxy groups -OCH3 is 1. The molecular formula is C17H19BrNO5S+. The molecule has 0 amide bonds. The maximum Gasteiger partial charge on any atom is 0.344 e. The van der Waals surface area contributed by atoms with E-state index < -0.39 is 20.6 Å². The molecule has 0 aliphatic carbocycles. The second-order valence-corrected chi connectivity index (χ2v) is 10.7. The van der Waals surface area contributed by atoms with Crippen molar-refractivity contribution < 1.29 is 22.7 Å². The SMILES string of the molecule is COC(=O)c1cc(Br)cc2c1[N+](=O)C=C2C1CCS(=O)(=O)C(C)(C)C1. The van der Waals surface area contributed by atoms with Crippen molar-refractivity contribution >= 4 is 43.0 Å². The topological polar surface area (TPSA) is 80.5 Å². The normalized spacial score (nSPS) is 23.8. The molecule has 2 aliphatic heterocycles. The summed E-state index contributed by atoms with van der Waals surface area (Å²) in [5, 5.41) is 0. The first-order valence-corrected chi connectivity index (χ1v) is 10.3. The molecule has 0 N–H and O–H groups in total. The van der Waals surface area contributed by atoms with Gasteiger partial charge in [0.05, 0.1) is 27.9 Å². The second-order valence-electron chi connectivity index (χ2n) is 7.02. The number of fused-ring (bicyclic) bond motifs is 1. The number of esters is 1. The Bertz CT molecular complexity index is 917. The minimum atomic E-state index is -3.15. The van der Waals surface area contributed by atoms with Crippen molar-refractivity contribution in [2.24, 2.45) is 5.92 Å². The van der Waals surface area contributed by atoms with Crippen molar-refractivity contribution in [3.8, 4) is 0 Å². The summed E-state index contributed by atoms with van der Waals surface area (Å²) in [7, 11) is -1.88. The van der Waals surface area contributed by atoms with Crippen LogP contribution in [0.3, 0.4) is 0 Å². The van der Waals surface area contributed by atoms with Crippen LogP contribution in [0.15, 0.2) is 22.8 Å². The molecule has 1 saturated heterocycles. The molecular weight excluding hydrogens is 410 g/mol. The lowest BCUT2D eigenvalue weighted by molar-refractivity contribution is -0.379. The Morgan fingerprint density at radius 3 is 2.64 bits per heavy atom. The number of ether oxygens (including phenoxy) is 1. The standard InChI is InChI=1S/C17H19BrNO5S/c1-17(2)8-10(4-5-25(17,22)23)14-9-19(21)15-12(14)6-11(18)7-13(15)16(20)24-3/h6-7,9-10H,4-5,8H2,1-3H3/q+1. The highest BCUT2D eigenvalue weighted by Crippen LogP contribution is 2.47. The number of benzene rings is 1. The molecule has 0 aromatic heterocycles. The zero-order valence-electron chi connectivity index (χ0n) is 14.2. The molecule has 1 aromatic carbocycles. The van der Waals surface area contributed by atoms with E-state index in [-0.39, 0.29) is 22.9 Å². The van der Waals surface area contributed by atoms with Crippen LogP contribution >= 0.6 is 15.9 Å². The molecule has 3 rings (SSSR count). The number of hydrogen-bond donors (Lipinski definition) is 0. The molecule has 2 aliphatic rings. The highest BCUT2D eigenvalue weighted by Gasteiger charge is 2.46. The summed E-state index contributed by atoms with van der Waals surface area (Å²) in [6, 6.07) is 3.35. The molecule has 0 bridgehead atoms. The molecule has 134 valence electrons. The Morgan fingerprint density at radius 2 is 2.04 bits per heavy atom. The summed E-state index contributed by atoms with van der Waals surface area (Å²) < 4.78 is 29.8. The van der Waals surface area contributed by atoms with Gasteiger partial charge in [-0.2, -0.15) is 0 Å². The van der Waals surface area contributed by atoms with Crippen LogP contribution in [0.25, 0.3) is 5.57 Å². The number of rotatable bonds is 2. The van der Waals surface area contributed by atoms with E-state index in [4.69, 9.17) is 4.74 Å². The molecule has 1 aromatic rings. The maximum atomic E-state index is 12.5. The van der Waals surface area contributed by atoms with Gasteiger partial charge in [-0.15, -0.1) is 0 Å². The number of allylic oxidation sites excluding steroid dienone is 1. The van der Waals surface area contributed by atoms with Crippen LogP contribution in [0, 0.1) is 10.8 Å². The second kappa shape index (κ2) is 6.02. The van der Waals surface area contributed by atoms with Gasteiger partial charge in [-0.25, -0.2) is 13.2 Å². The summed E-state index contributed by atoms with van der Waals surface area (Å²) in [6.07, 6.45) is 2.36. The lowest BCUT2D eigenvalue weighted by Crippen LogP contribution is -2.41. The Kier molecular flexibility index (Phi) is 4.39. The van der Waals surface area contributed by atoms with Gasteiger partial charge >= 0.3 is 5.97 Å². The minimum absolute atomic E-state index is 0.0592. The van der Waals surface area contributed by atoms with E-state index >= 15 is 0 Å². The van der Waals surface area contributed by atoms with E-state index in [0.29, 0.717) is 27.6 Å². The molecule has 0 radical (unpaired) electrons. The van der Waals surface area contributed by atoms with Crippen LogP contribution < -0.4 is 0 Å². The molecule has 0 spiro atoms. The summed E-state index contributed by atoms with van der Waals surface area (Å²) in [5.74, 6) is -0.552. The molecule has 1 atom stereocenters. The van der Waals surface area contributed by atoms with Crippen LogP contribution in [-0.2, 0) is 14.6 Å². The van der Waals surface area contributed by atoms with Crippen LogP contribution in [0.1, 0.15) is 42.6 Å². The summed E-state index contributed by atoms with van der Waals surface area (Å²) >= 11 is 3.37. The summed E-state index contributed by atoms with van der Waals surface area (Å²) in [6.45, 7) is 3.45. The van der Waals surface area contributed by atoms with Gasteiger partial charge in [0.15, 0.2) is 9.84 Å². The zero-order chi connectivity index (χ0) is 18.6. The Morgan fingerprint density at radius 1 is 1.36 bits per heavy atom. The van der Waals surface area contributed by atoms with Gasteiger partial charge in [-0.3, -0.25) is 0 Å². The number of nitrogens with zero attached hydrogens (tertiary/aromatic N) is 1. The predicted octanol–water partition coefficient (Wildman–Crippen LogP) is 3.60. The van der Waals surface area contributed by atoms with Gasteiger partial charge in [0, 0.05) is 15.0 Å². The smallest absolute Gasteiger partial charge is 0.344 e. The van der Waals surface area contributed by atoms with Crippen molar-refractivity contribution in [2.75, 3.05) is 12.9 Å². The molecule has 1 unspecified atom stereocenters. The number of nitroso groups, excluding NO2 is 1. The average molecular weight is 429 g/mol. The van der Waals surface area contributed by atoms with Gasteiger partial charge in [0.2, 0.25) is 6.20 Å². The third-order valence-corrected chi connectivity index (χ3v) is 8.10. The van der Waals surface area contributed by atoms with Crippen LogP contribution in [0.4, 0.5) is 5.69 Å². The molecule has 0 saturated carbocycles. The highest BCUT2D eigenvalue weighted by atomic mass is 79.9. The third-order valence-electron chi connectivity index (χ3n) is 5.02. The number of carbonyl (C=O) groups is 1. The van der Waals surface area contributed by atoms with Gasteiger partial charge in [-0.05, 0) is 44.7 Å². The van der Waals surface area contributed by atoms with Crippen molar-refractivity contribution in [3.05, 3.63) is 38.8 Å². The quantitative estimate of drug-likeness (QED) is 0.530. The molecule has 25 heavy (non-hydrogen) atoms. The van der Waals surface area contributed by atoms with Gasteiger partial charge in [0.25, 0.3) is 5.69 Å². The first-order valence-electron chi connectivity index (χ1n) is 7.90. The first kappa shape index (κ1) is 18.3.